The topological polar surface area (TPSA) is 18.5 Å². The van der Waals surface area contributed by atoms with Crippen molar-refractivity contribution in [3.8, 4) is 0 Å². The fourth-order valence-electron chi connectivity index (χ4n) is 5.25. The van der Waals surface area contributed by atoms with E-state index in [2.05, 4.69) is 6.92 Å². The van der Waals surface area contributed by atoms with Gasteiger partial charge in [0.15, 0.2) is 35.4 Å². The van der Waals surface area contributed by atoms with Crippen molar-refractivity contribution in [3.05, 3.63) is 70.0 Å². The van der Waals surface area contributed by atoms with E-state index in [1.807, 2.05) is 0 Å². The quantitative estimate of drug-likeness (QED) is 0.306. The average molecular weight is 483 g/mol. The van der Waals surface area contributed by atoms with Crippen molar-refractivity contribution in [3.63, 3.8) is 0 Å². The number of hydrogen-bond donors (Lipinski definition) is 0. The van der Waals surface area contributed by atoms with Gasteiger partial charge in [-0.25, -0.2) is 22.0 Å². The first-order valence-corrected chi connectivity index (χ1v) is 12.2. The van der Waals surface area contributed by atoms with E-state index < -0.39 is 29.1 Å². The molecule has 0 amide bonds. The normalized spacial score (nSPS) is 25.5. The molecule has 0 N–H and O–H groups in total. The van der Waals surface area contributed by atoms with Crippen molar-refractivity contribution in [2.24, 2.45) is 11.8 Å². The van der Waals surface area contributed by atoms with Crippen LogP contribution in [0.4, 0.5) is 22.0 Å². The van der Waals surface area contributed by atoms with Crippen LogP contribution in [0, 0.1) is 40.9 Å². The van der Waals surface area contributed by atoms with Crippen molar-refractivity contribution < 1.29 is 31.4 Å². The Hall–Kier alpha value is -1.99. The van der Waals surface area contributed by atoms with Crippen LogP contribution >= 0.6 is 0 Å². The molecule has 0 spiro atoms. The van der Waals surface area contributed by atoms with Crippen LogP contribution in [0.3, 0.4) is 0 Å². The molecule has 0 bridgehead atoms. The molecule has 0 aromatic heterocycles. The van der Waals surface area contributed by atoms with Gasteiger partial charge in [0.25, 0.3) is 0 Å². The molecule has 1 aliphatic heterocycles. The van der Waals surface area contributed by atoms with Gasteiger partial charge in [-0.1, -0.05) is 25.5 Å². The van der Waals surface area contributed by atoms with E-state index in [0.29, 0.717) is 11.5 Å². The summed E-state index contributed by atoms with van der Waals surface area (Å²) in [7, 11) is 0. The highest BCUT2D eigenvalue weighted by Gasteiger charge is 2.33. The minimum Gasteiger partial charge on any atom is -0.352 e. The van der Waals surface area contributed by atoms with Crippen molar-refractivity contribution in [1.82, 2.24) is 0 Å². The summed E-state index contributed by atoms with van der Waals surface area (Å²) in [6.45, 7) is 3.59. The van der Waals surface area contributed by atoms with Crippen LogP contribution in [0.15, 0.2) is 24.3 Å². The fraction of sp³-hybridized carbons (Fsp3) is 0.556. The van der Waals surface area contributed by atoms with Gasteiger partial charge in [-0.2, -0.15) is 0 Å². The summed E-state index contributed by atoms with van der Waals surface area (Å²) in [6, 6.07) is 4.91. The first-order chi connectivity index (χ1) is 16.4. The van der Waals surface area contributed by atoms with Gasteiger partial charge in [-0.3, -0.25) is 0 Å². The summed E-state index contributed by atoms with van der Waals surface area (Å²) in [6.07, 6.45) is 5.24. The van der Waals surface area contributed by atoms with Crippen LogP contribution < -0.4 is 0 Å². The van der Waals surface area contributed by atoms with Gasteiger partial charge in [0, 0.05) is 11.8 Å². The Balaban J connectivity index is 1.34. The summed E-state index contributed by atoms with van der Waals surface area (Å²) < 4.78 is 81.5. The second-order valence-corrected chi connectivity index (χ2v) is 9.62. The van der Waals surface area contributed by atoms with E-state index in [-0.39, 0.29) is 42.1 Å². The number of ether oxygens (including phenoxy) is 2. The van der Waals surface area contributed by atoms with Crippen molar-refractivity contribution in [2.75, 3.05) is 13.2 Å². The third kappa shape index (κ3) is 5.62. The molecule has 0 unspecified atom stereocenters. The van der Waals surface area contributed by atoms with E-state index in [4.69, 9.17) is 9.47 Å². The fourth-order valence-corrected chi connectivity index (χ4v) is 5.25. The highest BCUT2D eigenvalue weighted by Crippen LogP contribution is 2.40. The van der Waals surface area contributed by atoms with Crippen LogP contribution in [-0.2, 0) is 22.3 Å². The maximum absolute atomic E-state index is 14.9. The molecule has 0 atom stereocenters. The molecule has 2 fully saturated rings. The van der Waals surface area contributed by atoms with Crippen LogP contribution in [0.1, 0.15) is 68.1 Å². The monoisotopic (exact) mass is 482 g/mol. The SMILES string of the molecule is CCCC1COC(C2CCC(c3ccc(CCc4cc(F)c(F)c(F)c4)c(F)c3F)CC2)OC1. The van der Waals surface area contributed by atoms with E-state index in [0.717, 1.165) is 63.9 Å². The first kappa shape index (κ1) is 25.1. The molecule has 2 aromatic rings. The summed E-state index contributed by atoms with van der Waals surface area (Å²) in [5.41, 5.74) is 0.685. The Morgan fingerprint density at radius 3 is 2.06 bits per heavy atom. The average Bonchev–Trinajstić information content (AvgIpc) is 2.84. The second-order valence-electron chi connectivity index (χ2n) is 9.62. The third-order valence-corrected chi connectivity index (χ3v) is 7.20. The number of benzene rings is 2. The molecule has 2 aliphatic rings. The molecule has 7 heteroatoms. The Morgan fingerprint density at radius 2 is 1.44 bits per heavy atom. The Labute approximate surface area is 197 Å². The predicted octanol–water partition coefficient (Wildman–Crippen LogP) is 7.23. The third-order valence-electron chi connectivity index (χ3n) is 7.20. The minimum absolute atomic E-state index is 0.0513. The van der Waals surface area contributed by atoms with Crippen molar-refractivity contribution in [2.45, 2.75) is 70.5 Å². The second kappa shape index (κ2) is 11.2. The van der Waals surface area contributed by atoms with E-state index >= 15 is 0 Å². The lowest BCUT2D eigenvalue weighted by Crippen LogP contribution is -2.38. The van der Waals surface area contributed by atoms with E-state index in [1.54, 1.807) is 6.07 Å². The van der Waals surface area contributed by atoms with Gasteiger partial charge in [0.2, 0.25) is 0 Å². The maximum atomic E-state index is 14.9. The molecule has 0 radical (unpaired) electrons. The lowest BCUT2D eigenvalue weighted by molar-refractivity contribution is -0.229. The summed E-state index contributed by atoms with van der Waals surface area (Å²) in [4.78, 5) is 0. The number of aryl methyl sites for hydroxylation is 2. The highest BCUT2D eigenvalue weighted by molar-refractivity contribution is 5.30. The molecular formula is C27H31F5O2. The lowest BCUT2D eigenvalue weighted by Gasteiger charge is -2.37. The molecule has 34 heavy (non-hydrogen) atoms. The van der Waals surface area contributed by atoms with Crippen molar-refractivity contribution >= 4 is 0 Å². The molecule has 1 heterocycles. The first-order valence-electron chi connectivity index (χ1n) is 12.2. The van der Waals surface area contributed by atoms with Gasteiger partial charge in [0.05, 0.1) is 13.2 Å². The number of rotatable bonds is 7. The maximum Gasteiger partial charge on any atom is 0.194 e. The summed E-state index contributed by atoms with van der Waals surface area (Å²) in [5, 5.41) is 0. The molecule has 2 nitrogen and oxygen atoms in total. The summed E-state index contributed by atoms with van der Waals surface area (Å²) in [5.74, 6) is -5.26. The molecule has 2 aromatic carbocycles. The zero-order chi connectivity index (χ0) is 24.2. The predicted molar refractivity (Wildman–Crippen MR) is 119 cm³/mol. The van der Waals surface area contributed by atoms with Crippen LogP contribution in [-0.4, -0.2) is 19.5 Å². The molecule has 186 valence electrons. The molecule has 1 saturated heterocycles. The minimum atomic E-state index is -1.54. The zero-order valence-corrected chi connectivity index (χ0v) is 19.4. The van der Waals surface area contributed by atoms with Gasteiger partial charge in [-0.05, 0) is 79.7 Å². The molecule has 4 rings (SSSR count). The largest absolute Gasteiger partial charge is 0.352 e. The van der Waals surface area contributed by atoms with Crippen LogP contribution in [0.25, 0.3) is 0 Å². The highest BCUT2D eigenvalue weighted by atomic mass is 19.2. The van der Waals surface area contributed by atoms with E-state index in [9.17, 15) is 22.0 Å². The molecular weight excluding hydrogens is 451 g/mol. The number of hydrogen-bond acceptors (Lipinski definition) is 2. The van der Waals surface area contributed by atoms with Crippen LogP contribution in [0.2, 0.25) is 0 Å². The Bertz CT molecular complexity index is 956. The van der Waals surface area contributed by atoms with Gasteiger partial charge in [0.1, 0.15) is 0 Å². The van der Waals surface area contributed by atoms with Gasteiger partial charge >= 0.3 is 0 Å². The summed E-state index contributed by atoms with van der Waals surface area (Å²) >= 11 is 0. The lowest BCUT2D eigenvalue weighted by atomic mass is 9.78. The van der Waals surface area contributed by atoms with Gasteiger partial charge < -0.3 is 9.47 Å². The number of halogens is 5. The molecule has 1 aliphatic carbocycles. The van der Waals surface area contributed by atoms with Crippen molar-refractivity contribution in [1.29, 1.82) is 0 Å². The standard InChI is InChI=1S/C27H31F5O2/c1-2-3-17-14-33-27(34-15-17)20-8-6-18(7-9-20)21-11-10-19(24(30)25(21)31)5-4-16-12-22(28)26(32)23(29)13-16/h10-13,17-18,20,27H,2-9,14-15H2,1H3. The van der Waals surface area contributed by atoms with E-state index in [1.165, 1.54) is 6.07 Å². The zero-order valence-electron chi connectivity index (χ0n) is 19.4. The smallest absolute Gasteiger partial charge is 0.194 e. The Kier molecular flexibility index (Phi) is 8.25. The van der Waals surface area contributed by atoms with Gasteiger partial charge in [-0.15, -0.1) is 0 Å². The molecule has 1 saturated carbocycles. The Morgan fingerprint density at radius 1 is 0.794 bits per heavy atom. The van der Waals surface area contributed by atoms with Crippen LogP contribution in [0.5, 0.6) is 0 Å².